The van der Waals surface area contributed by atoms with E-state index in [2.05, 4.69) is 10.4 Å². The molecular formula is C13H17ClFN3O2. The van der Waals surface area contributed by atoms with E-state index < -0.39 is 6.67 Å². The number of phenolic OH excluding ortho intramolecular Hbond substituents is 2. The van der Waals surface area contributed by atoms with Crippen molar-refractivity contribution in [2.75, 3.05) is 12.0 Å². The average molecular weight is 302 g/mol. The molecule has 0 radical (unpaired) electrons. The first-order valence-electron chi connectivity index (χ1n) is 5.95. The third kappa shape index (κ3) is 3.77. The van der Waals surface area contributed by atoms with Gasteiger partial charge in [-0.2, -0.15) is 5.10 Å². The highest BCUT2D eigenvalue weighted by atomic mass is 35.5. The summed E-state index contributed by atoms with van der Waals surface area (Å²) in [6.45, 7) is 2.02. The van der Waals surface area contributed by atoms with E-state index in [-0.39, 0.29) is 30.5 Å². The molecule has 0 bridgehead atoms. The largest absolute Gasteiger partial charge is 0.508 e. The highest BCUT2D eigenvalue weighted by Gasteiger charge is 2.07. The van der Waals surface area contributed by atoms with Crippen LogP contribution in [-0.2, 0) is 13.1 Å². The molecule has 0 aliphatic rings. The zero-order chi connectivity index (χ0) is 13.8. The van der Waals surface area contributed by atoms with Crippen molar-refractivity contribution in [3.05, 3.63) is 35.5 Å². The maximum absolute atomic E-state index is 12.2. The van der Waals surface area contributed by atoms with Crippen LogP contribution in [-0.4, -0.2) is 26.7 Å². The summed E-state index contributed by atoms with van der Waals surface area (Å²) in [5, 5.41) is 26.1. The number of aromatic hydroxyl groups is 2. The number of hydrogen-bond donors (Lipinski definition) is 3. The molecule has 2 rings (SSSR count). The number of rotatable bonds is 5. The number of nitrogens with one attached hydrogen (secondary N) is 1. The Balaban J connectivity index is 0.00000200. The molecule has 0 saturated heterocycles. The third-order valence-corrected chi connectivity index (χ3v) is 2.77. The number of hydrogen-bond acceptors (Lipinski definition) is 4. The Morgan fingerprint density at radius 1 is 1.35 bits per heavy atom. The SMILES string of the molecule is Cc1cn(CCF)nc1NCc1ccc(O)cc1O.Cl. The molecule has 110 valence electrons. The summed E-state index contributed by atoms with van der Waals surface area (Å²) in [4.78, 5) is 0. The third-order valence-electron chi connectivity index (χ3n) is 2.77. The van der Waals surface area contributed by atoms with Crippen molar-refractivity contribution >= 4 is 18.2 Å². The van der Waals surface area contributed by atoms with E-state index in [1.807, 2.05) is 6.92 Å². The minimum atomic E-state index is -0.459. The van der Waals surface area contributed by atoms with Crippen LogP contribution in [0.3, 0.4) is 0 Å². The molecular weight excluding hydrogens is 285 g/mol. The molecule has 0 aliphatic carbocycles. The Kier molecular flexibility index (Phi) is 5.64. The second-order valence-corrected chi connectivity index (χ2v) is 4.28. The van der Waals surface area contributed by atoms with E-state index in [9.17, 15) is 14.6 Å². The maximum atomic E-state index is 12.2. The van der Waals surface area contributed by atoms with Gasteiger partial charge in [0.25, 0.3) is 0 Å². The Labute approximate surface area is 122 Å². The molecule has 5 nitrogen and oxygen atoms in total. The Hall–Kier alpha value is -1.95. The van der Waals surface area contributed by atoms with Gasteiger partial charge < -0.3 is 15.5 Å². The predicted molar refractivity (Wildman–Crippen MR) is 77.3 cm³/mol. The van der Waals surface area contributed by atoms with Crippen molar-refractivity contribution in [2.45, 2.75) is 20.0 Å². The van der Waals surface area contributed by atoms with Crippen LogP contribution in [0.4, 0.5) is 10.2 Å². The molecule has 1 aromatic heterocycles. The van der Waals surface area contributed by atoms with Gasteiger partial charge in [0.1, 0.15) is 18.2 Å². The fraction of sp³-hybridized carbons (Fsp3) is 0.308. The normalized spacial score (nSPS) is 10.1. The Morgan fingerprint density at radius 2 is 2.10 bits per heavy atom. The first kappa shape index (κ1) is 16.1. The molecule has 1 aromatic carbocycles. The van der Waals surface area contributed by atoms with Gasteiger partial charge in [0.05, 0.1) is 6.54 Å². The monoisotopic (exact) mass is 301 g/mol. The quantitative estimate of drug-likeness (QED) is 0.794. The zero-order valence-corrected chi connectivity index (χ0v) is 11.8. The van der Waals surface area contributed by atoms with Crippen LogP contribution in [0.1, 0.15) is 11.1 Å². The number of aromatic nitrogens is 2. The topological polar surface area (TPSA) is 70.3 Å². The molecule has 1 heterocycles. The lowest BCUT2D eigenvalue weighted by molar-refractivity contribution is 0.427. The van der Waals surface area contributed by atoms with E-state index in [1.165, 1.54) is 16.8 Å². The Bertz CT molecular complexity index is 575. The lowest BCUT2D eigenvalue weighted by atomic mass is 10.2. The van der Waals surface area contributed by atoms with Gasteiger partial charge >= 0.3 is 0 Å². The number of halogens is 2. The first-order valence-corrected chi connectivity index (χ1v) is 5.95. The van der Waals surface area contributed by atoms with Gasteiger partial charge in [-0.15, -0.1) is 12.4 Å². The highest BCUT2D eigenvalue weighted by Crippen LogP contribution is 2.23. The van der Waals surface area contributed by atoms with Crippen molar-refractivity contribution in [3.8, 4) is 11.5 Å². The van der Waals surface area contributed by atoms with Crippen LogP contribution in [0, 0.1) is 6.92 Å². The fourth-order valence-electron chi connectivity index (χ4n) is 1.78. The first-order chi connectivity index (χ1) is 9.10. The van der Waals surface area contributed by atoms with E-state index >= 15 is 0 Å². The van der Waals surface area contributed by atoms with Gasteiger partial charge in [0, 0.05) is 29.9 Å². The van der Waals surface area contributed by atoms with Gasteiger partial charge in [0.2, 0.25) is 0 Å². The minimum absolute atomic E-state index is 0. The van der Waals surface area contributed by atoms with Crippen molar-refractivity contribution in [3.63, 3.8) is 0 Å². The zero-order valence-electron chi connectivity index (χ0n) is 11.0. The lowest BCUT2D eigenvalue weighted by Crippen LogP contribution is -2.04. The Morgan fingerprint density at radius 3 is 2.75 bits per heavy atom. The van der Waals surface area contributed by atoms with Crippen LogP contribution in [0.2, 0.25) is 0 Å². The van der Waals surface area contributed by atoms with Gasteiger partial charge in [-0.25, -0.2) is 4.39 Å². The van der Waals surface area contributed by atoms with Crippen molar-refractivity contribution in [1.82, 2.24) is 9.78 Å². The van der Waals surface area contributed by atoms with E-state index in [0.717, 1.165) is 5.56 Å². The molecule has 0 amide bonds. The molecule has 3 N–H and O–H groups in total. The molecule has 0 saturated carbocycles. The summed E-state index contributed by atoms with van der Waals surface area (Å²) in [5.41, 5.74) is 1.56. The molecule has 0 unspecified atom stereocenters. The van der Waals surface area contributed by atoms with Crippen LogP contribution < -0.4 is 5.32 Å². The summed E-state index contributed by atoms with van der Waals surface area (Å²) >= 11 is 0. The smallest absolute Gasteiger partial charge is 0.151 e. The summed E-state index contributed by atoms with van der Waals surface area (Å²) in [7, 11) is 0. The molecule has 2 aromatic rings. The number of nitrogens with zero attached hydrogens (tertiary/aromatic N) is 2. The second-order valence-electron chi connectivity index (χ2n) is 4.28. The van der Waals surface area contributed by atoms with Gasteiger partial charge in [0.15, 0.2) is 5.82 Å². The van der Waals surface area contributed by atoms with Crippen LogP contribution in [0.15, 0.2) is 24.4 Å². The summed E-state index contributed by atoms with van der Waals surface area (Å²) in [6, 6.07) is 4.42. The van der Waals surface area contributed by atoms with Crippen molar-refractivity contribution in [2.24, 2.45) is 0 Å². The molecule has 0 atom stereocenters. The molecule has 0 fully saturated rings. The number of alkyl halides is 1. The van der Waals surface area contributed by atoms with Crippen LogP contribution in [0.25, 0.3) is 0 Å². The molecule has 0 spiro atoms. The van der Waals surface area contributed by atoms with Gasteiger partial charge in [-0.3, -0.25) is 4.68 Å². The average Bonchev–Trinajstić information content (AvgIpc) is 2.69. The summed E-state index contributed by atoms with van der Waals surface area (Å²) < 4.78 is 13.8. The molecule has 7 heteroatoms. The predicted octanol–water partition coefficient (Wildman–Crippen LogP) is 2.61. The maximum Gasteiger partial charge on any atom is 0.151 e. The van der Waals surface area contributed by atoms with Gasteiger partial charge in [-0.1, -0.05) is 0 Å². The van der Waals surface area contributed by atoms with E-state index in [1.54, 1.807) is 12.3 Å². The fourth-order valence-corrected chi connectivity index (χ4v) is 1.78. The lowest BCUT2D eigenvalue weighted by Gasteiger charge is -2.07. The number of aryl methyl sites for hydroxylation is 2. The van der Waals surface area contributed by atoms with Crippen LogP contribution in [0.5, 0.6) is 11.5 Å². The standard InChI is InChI=1S/C13H16FN3O2.ClH/c1-9-8-17(5-4-14)16-13(9)15-7-10-2-3-11(18)6-12(10)19;/h2-3,6,8,18-19H,4-5,7H2,1H3,(H,15,16);1H. The second kappa shape index (κ2) is 7.00. The van der Waals surface area contributed by atoms with Crippen molar-refractivity contribution < 1.29 is 14.6 Å². The van der Waals surface area contributed by atoms with Crippen molar-refractivity contribution in [1.29, 1.82) is 0 Å². The summed E-state index contributed by atoms with van der Waals surface area (Å²) in [5.74, 6) is 0.693. The molecule has 0 aliphatic heterocycles. The van der Waals surface area contributed by atoms with Gasteiger partial charge in [-0.05, 0) is 19.1 Å². The number of benzene rings is 1. The van der Waals surface area contributed by atoms with E-state index in [0.29, 0.717) is 17.9 Å². The van der Waals surface area contributed by atoms with E-state index in [4.69, 9.17) is 0 Å². The molecule has 20 heavy (non-hydrogen) atoms. The van der Waals surface area contributed by atoms with Crippen LogP contribution >= 0.6 is 12.4 Å². The minimum Gasteiger partial charge on any atom is -0.508 e. The number of phenols is 2. The summed E-state index contributed by atoms with van der Waals surface area (Å²) in [6.07, 6.45) is 1.76. The highest BCUT2D eigenvalue weighted by molar-refractivity contribution is 5.85. The number of anilines is 1.